The average Bonchev–Trinajstić information content (AvgIpc) is 2.53. The van der Waals surface area contributed by atoms with E-state index in [1.165, 1.54) is 26.4 Å². The predicted octanol–water partition coefficient (Wildman–Crippen LogP) is 4.11. The number of methoxy groups -OCH3 is 2. The number of carbonyl (C=O) groups is 1. The molecule has 0 saturated carbocycles. The Labute approximate surface area is 135 Å². The summed E-state index contributed by atoms with van der Waals surface area (Å²) in [6.45, 7) is 0. The van der Waals surface area contributed by atoms with Crippen LogP contribution in [0.15, 0.2) is 36.4 Å². The Morgan fingerprint density at radius 1 is 1.04 bits per heavy atom. The van der Waals surface area contributed by atoms with Crippen LogP contribution in [-0.2, 0) is 6.18 Å². The molecule has 2 aromatic rings. The molecule has 1 amide bonds. The van der Waals surface area contributed by atoms with Crippen molar-refractivity contribution in [1.82, 2.24) is 0 Å². The predicted molar refractivity (Wildman–Crippen MR) is 78.9 cm³/mol. The van der Waals surface area contributed by atoms with E-state index in [1.54, 1.807) is 6.07 Å². The average molecular weight is 343 g/mol. The molecule has 0 atom stereocenters. The molecule has 0 spiro atoms. The topological polar surface area (TPSA) is 47.6 Å². The maximum absolute atomic E-state index is 13.4. The lowest BCUT2D eigenvalue weighted by Crippen LogP contribution is -2.15. The number of benzene rings is 2. The summed E-state index contributed by atoms with van der Waals surface area (Å²) in [6.07, 6.45) is -4.76. The molecule has 0 radical (unpaired) electrons. The van der Waals surface area contributed by atoms with Crippen molar-refractivity contribution >= 4 is 11.6 Å². The molecule has 0 aliphatic rings. The van der Waals surface area contributed by atoms with Gasteiger partial charge in [-0.2, -0.15) is 13.2 Å². The van der Waals surface area contributed by atoms with E-state index in [-0.39, 0.29) is 11.4 Å². The van der Waals surface area contributed by atoms with Crippen molar-refractivity contribution in [2.75, 3.05) is 19.5 Å². The smallest absolute Gasteiger partial charge is 0.416 e. The molecule has 2 rings (SSSR count). The highest BCUT2D eigenvalue weighted by Gasteiger charge is 2.32. The lowest BCUT2D eigenvalue weighted by molar-refractivity contribution is -0.137. The monoisotopic (exact) mass is 343 g/mol. The molecule has 1 N–H and O–H groups in total. The first kappa shape index (κ1) is 17.6. The van der Waals surface area contributed by atoms with Crippen molar-refractivity contribution in [3.8, 4) is 11.5 Å². The van der Waals surface area contributed by atoms with E-state index >= 15 is 0 Å². The summed E-state index contributed by atoms with van der Waals surface area (Å²) in [6, 6.07) is 6.14. The van der Waals surface area contributed by atoms with Crippen molar-refractivity contribution in [3.05, 3.63) is 53.3 Å². The van der Waals surface area contributed by atoms with Gasteiger partial charge in [0.1, 0.15) is 17.3 Å². The van der Waals surface area contributed by atoms with Gasteiger partial charge in [-0.3, -0.25) is 4.79 Å². The molecule has 128 valence electrons. The highest BCUT2D eigenvalue weighted by Crippen LogP contribution is 2.32. The maximum atomic E-state index is 13.4. The third kappa shape index (κ3) is 3.95. The summed E-state index contributed by atoms with van der Waals surface area (Å²) in [5.74, 6) is -1.39. The van der Waals surface area contributed by atoms with Crippen LogP contribution in [0.3, 0.4) is 0 Å². The minimum Gasteiger partial charge on any atom is -0.497 e. The summed E-state index contributed by atoms with van der Waals surface area (Å²) < 4.78 is 61.6. The summed E-state index contributed by atoms with van der Waals surface area (Å²) in [5.41, 5.74) is -1.53. The Morgan fingerprint density at radius 3 is 2.33 bits per heavy atom. The van der Waals surface area contributed by atoms with Crippen LogP contribution in [0.1, 0.15) is 15.9 Å². The van der Waals surface area contributed by atoms with E-state index in [1.807, 2.05) is 0 Å². The molecule has 0 bridgehead atoms. The highest BCUT2D eigenvalue weighted by atomic mass is 19.4. The molecule has 0 aromatic heterocycles. The second-order valence-electron chi connectivity index (χ2n) is 4.75. The van der Waals surface area contributed by atoms with E-state index in [4.69, 9.17) is 9.47 Å². The minimum atomic E-state index is -4.76. The summed E-state index contributed by atoms with van der Waals surface area (Å²) >= 11 is 0. The first-order chi connectivity index (χ1) is 11.2. The van der Waals surface area contributed by atoms with E-state index in [0.29, 0.717) is 17.9 Å². The van der Waals surface area contributed by atoms with Crippen LogP contribution >= 0.6 is 0 Å². The second kappa shape index (κ2) is 6.77. The quantitative estimate of drug-likeness (QED) is 0.850. The molecule has 0 fully saturated rings. The highest BCUT2D eigenvalue weighted by molar-refractivity contribution is 6.05. The Morgan fingerprint density at radius 2 is 1.75 bits per heavy atom. The fourth-order valence-electron chi connectivity index (χ4n) is 1.99. The zero-order chi connectivity index (χ0) is 17.9. The normalized spacial score (nSPS) is 11.1. The molecular weight excluding hydrogens is 330 g/mol. The standard InChI is InChI=1S/C16H13F4NO3/c1-23-12-3-4-14(24-2)13(8-12)21-15(22)9-5-10(16(18,19)20)7-11(17)6-9/h3-8H,1-2H3,(H,21,22). The van der Waals surface area contributed by atoms with E-state index in [9.17, 15) is 22.4 Å². The third-order valence-electron chi connectivity index (χ3n) is 3.14. The zero-order valence-electron chi connectivity index (χ0n) is 12.7. The summed E-state index contributed by atoms with van der Waals surface area (Å²) in [4.78, 5) is 12.2. The van der Waals surface area contributed by atoms with E-state index in [0.717, 1.165) is 6.07 Å². The number of carbonyl (C=O) groups excluding carboxylic acids is 1. The minimum absolute atomic E-state index is 0.180. The molecule has 24 heavy (non-hydrogen) atoms. The molecule has 0 aliphatic carbocycles. The van der Waals surface area contributed by atoms with Crippen LogP contribution in [0.5, 0.6) is 11.5 Å². The maximum Gasteiger partial charge on any atom is 0.416 e. The SMILES string of the molecule is COc1ccc(OC)c(NC(=O)c2cc(F)cc(C(F)(F)F)c2)c1. The van der Waals surface area contributed by atoms with Crippen LogP contribution in [0.2, 0.25) is 0 Å². The van der Waals surface area contributed by atoms with Gasteiger partial charge in [0.2, 0.25) is 0 Å². The largest absolute Gasteiger partial charge is 0.497 e. The van der Waals surface area contributed by atoms with Crippen LogP contribution < -0.4 is 14.8 Å². The van der Waals surface area contributed by atoms with Gasteiger partial charge in [0.15, 0.2) is 0 Å². The van der Waals surface area contributed by atoms with Crippen LogP contribution in [0.4, 0.5) is 23.2 Å². The zero-order valence-corrected chi connectivity index (χ0v) is 12.7. The van der Waals surface area contributed by atoms with E-state index < -0.39 is 29.0 Å². The lowest BCUT2D eigenvalue weighted by atomic mass is 10.1. The van der Waals surface area contributed by atoms with Gasteiger partial charge in [-0.15, -0.1) is 0 Å². The number of anilines is 1. The molecule has 2 aromatic carbocycles. The van der Waals surface area contributed by atoms with Gasteiger partial charge in [0.25, 0.3) is 5.91 Å². The van der Waals surface area contributed by atoms with Crippen molar-refractivity contribution in [1.29, 1.82) is 0 Å². The number of rotatable bonds is 4. The molecule has 8 heteroatoms. The number of amides is 1. The van der Waals surface area contributed by atoms with Crippen molar-refractivity contribution < 1.29 is 31.8 Å². The number of ether oxygens (including phenoxy) is 2. The van der Waals surface area contributed by atoms with Crippen molar-refractivity contribution in [2.45, 2.75) is 6.18 Å². The number of halogens is 4. The van der Waals surface area contributed by atoms with Gasteiger partial charge >= 0.3 is 6.18 Å². The first-order valence-corrected chi connectivity index (χ1v) is 6.65. The summed E-state index contributed by atoms with van der Waals surface area (Å²) in [5, 5.41) is 2.38. The van der Waals surface area contributed by atoms with Gasteiger partial charge in [-0.25, -0.2) is 4.39 Å². The summed E-state index contributed by atoms with van der Waals surface area (Å²) in [7, 11) is 2.77. The molecule has 4 nitrogen and oxygen atoms in total. The Hall–Kier alpha value is -2.77. The molecule has 0 saturated heterocycles. The van der Waals surface area contributed by atoms with Crippen molar-refractivity contribution in [3.63, 3.8) is 0 Å². The van der Waals surface area contributed by atoms with Crippen LogP contribution in [0, 0.1) is 5.82 Å². The van der Waals surface area contributed by atoms with Gasteiger partial charge in [-0.1, -0.05) is 0 Å². The van der Waals surface area contributed by atoms with Crippen LogP contribution in [0.25, 0.3) is 0 Å². The third-order valence-corrected chi connectivity index (χ3v) is 3.14. The van der Waals surface area contributed by atoms with Gasteiger partial charge in [-0.05, 0) is 30.3 Å². The Balaban J connectivity index is 2.35. The number of nitrogens with one attached hydrogen (secondary N) is 1. The molecule has 0 unspecified atom stereocenters. The second-order valence-corrected chi connectivity index (χ2v) is 4.75. The van der Waals surface area contributed by atoms with Gasteiger partial charge in [0, 0.05) is 11.6 Å². The van der Waals surface area contributed by atoms with E-state index in [2.05, 4.69) is 5.32 Å². The Bertz CT molecular complexity index is 759. The molecular formula is C16H13F4NO3. The first-order valence-electron chi connectivity index (χ1n) is 6.65. The van der Waals surface area contributed by atoms with Gasteiger partial charge < -0.3 is 14.8 Å². The fourth-order valence-corrected chi connectivity index (χ4v) is 1.99. The van der Waals surface area contributed by atoms with Crippen molar-refractivity contribution in [2.24, 2.45) is 0 Å². The lowest BCUT2D eigenvalue weighted by Gasteiger charge is -2.13. The van der Waals surface area contributed by atoms with Gasteiger partial charge in [0.05, 0.1) is 25.5 Å². The molecule has 0 aliphatic heterocycles. The number of alkyl halides is 3. The number of hydrogen-bond donors (Lipinski definition) is 1. The Kier molecular flexibility index (Phi) is 4.96. The molecule has 0 heterocycles. The number of hydrogen-bond acceptors (Lipinski definition) is 3. The van der Waals surface area contributed by atoms with Crippen LogP contribution in [-0.4, -0.2) is 20.1 Å². The fraction of sp³-hybridized carbons (Fsp3) is 0.188.